The summed E-state index contributed by atoms with van der Waals surface area (Å²) in [5.41, 5.74) is 4.34. The van der Waals surface area contributed by atoms with Crippen molar-refractivity contribution in [3.05, 3.63) is 41.1 Å². The average Bonchev–Trinajstić information content (AvgIpc) is 2.36. The summed E-state index contributed by atoms with van der Waals surface area (Å²) in [5.74, 6) is 0.244. The molecule has 3 heteroatoms. The third-order valence-corrected chi connectivity index (χ3v) is 3.73. The van der Waals surface area contributed by atoms with E-state index in [2.05, 4.69) is 24.0 Å². The van der Waals surface area contributed by atoms with Crippen molar-refractivity contribution in [2.45, 2.75) is 19.8 Å². The third kappa shape index (κ3) is 1.80. The Hall–Kier alpha value is -1.77. The Labute approximate surface area is 109 Å². The first-order valence-corrected chi connectivity index (χ1v) is 6.20. The van der Waals surface area contributed by atoms with Gasteiger partial charge in [0.1, 0.15) is 0 Å². The standard InChI is InChI=1S/C15H20N2O/c1-10-12-8-6-7-9-13(12)17(5)11(2)14(10)15(18)16(3)4/h6-10H,1-5H3/t10-/m1/s1. The second kappa shape index (κ2) is 4.48. The molecule has 1 atom stereocenters. The van der Waals surface area contributed by atoms with Crippen LogP contribution in [0.4, 0.5) is 5.69 Å². The fraction of sp³-hybridized carbons (Fsp3) is 0.400. The van der Waals surface area contributed by atoms with E-state index in [-0.39, 0.29) is 11.8 Å². The maximum Gasteiger partial charge on any atom is 0.251 e. The number of para-hydroxylation sites is 1. The van der Waals surface area contributed by atoms with Crippen LogP contribution in [0, 0.1) is 0 Å². The molecule has 0 bridgehead atoms. The van der Waals surface area contributed by atoms with Gasteiger partial charge in [0.25, 0.3) is 5.91 Å². The number of fused-ring (bicyclic) bond motifs is 1. The Balaban J connectivity index is 2.56. The molecule has 1 amide bonds. The zero-order valence-corrected chi connectivity index (χ0v) is 11.7. The number of carbonyl (C=O) groups excluding carboxylic acids is 1. The molecule has 0 N–H and O–H groups in total. The number of hydrogen-bond acceptors (Lipinski definition) is 2. The largest absolute Gasteiger partial charge is 0.348 e. The van der Waals surface area contributed by atoms with Gasteiger partial charge in [-0.25, -0.2) is 0 Å². The zero-order valence-electron chi connectivity index (χ0n) is 11.7. The summed E-state index contributed by atoms with van der Waals surface area (Å²) in [5, 5.41) is 0. The Bertz CT molecular complexity index is 517. The van der Waals surface area contributed by atoms with Crippen molar-refractivity contribution in [2.75, 3.05) is 26.0 Å². The van der Waals surface area contributed by atoms with Gasteiger partial charge in [-0.3, -0.25) is 4.79 Å². The normalized spacial score (nSPS) is 18.7. The molecular formula is C15H20N2O. The molecule has 0 radical (unpaired) electrons. The molecule has 0 saturated carbocycles. The number of allylic oxidation sites excluding steroid dienone is 1. The van der Waals surface area contributed by atoms with Crippen molar-refractivity contribution in [3.63, 3.8) is 0 Å². The lowest BCUT2D eigenvalue weighted by molar-refractivity contribution is -0.125. The van der Waals surface area contributed by atoms with E-state index in [0.29, 0.717) is 0 Å². The van der Waals surface area contributed by atoms with E-state index < -0.39 is 0 Å². The Morgan fingerprint density at radius 1 is 1.28 bits per heavy atom. The fourth-order valence-corrected chi connectivity index (χ4v) is 2.57. The van der Waals surface area contributed by atoms with Gasteiger partial charge >= 0.3 is 0 Å². The molecule has 0 spiro atoms. The second-order valence-corrected chi connectivity index (χ2v) is 5.04. The number of amides is 1. The molecule has 18 heavy (non-hydrogen) atoms. The minimum atomic E-state index is 0.0985. The lowest BCUT2D eigenvalue weighted by atomic mass is 9.86. The van der Waals surface area contributed by atoms with Crippen LogP contribution in [0.1, 0.15) is 25.3 Å². The van der Waals surface area contributed by atoms with Gasteiger partial charge in [-0.1, -0.05) is 25.1 Å². The van der Waals surface area contributed by atoms with Crippen molar-refractivity contribution in [2.24, 2.45) is 0 Å². The van der Waals surface area contributed by atoms with Gasteiger partial charge < -0.3 is 9.80 Å². The molecular weight excluding hydrogens is 224 g/mol. The first-order chi connectivity index (χ1) is 8.45. The number of anilines is 1. The highest BCUT2D eigenvalue weighted by molar-refractivity contribution is 5.97. The van der Waals surface area contributed by atoms with Gasteiger partial charge in [0.15, 0.2) is 0 Å². The molecule has 3 nitrogen and oxygen atoms in total. The molecule has 1 aliphatic rings. The van der Waals surface area contributed by atoms with E-state index in [1.807, 2.05) is 26.1 Å². The highest BCUT2D eigenvalue weighted by Gasteiger charge is 2.30. The highest BCUT2D eigenvalue weighted by Crippen LogP contribution is 2.40. The van der Waals surface area contributed by atoms with Gasteiger partial charge in [0.05, 0.1) is 0 Å². The van der Waals surface area contributed by atoms with Crippen molar-refractivity contribution >= 4 is 11.6 Å². The number of hydrogen-bond donors (Lipinski definition) is 0. The monoisotopic (exact) mass is 244 g/mol. The molecule has 1 aromatic rings. The number of benzene rings is 1. The Morgan fingerprint density at radius 3 is 2.50 bits per heavy atom. The van der Waals surface area contributed by atoms with Gasteiger partial charge in [0.2, 0.25) is 0 Å². The minimum Gasteiger partial charge on any atom is -0.348 e. The number of rotatable bonds is 1. The molecule has 0 fully saturated rings. The van der Waals surface area contributed by atoms with E-state index in [9.17, 15) is 4.79 Å². The van der Waals surface area contributed by atoms with Crippen molar-refractivity contribution in [1.29, 1.82) is 0 Å². The van der Waals surface area contributed by atoms with Crippen LogP contribution in [-0.4, -0.2) is 32.0 Å². The quantitative estimate of drug-likeness (QED) is 0.758. The average molecular weight is 244 g/mol. The summed E-state index contributed by atoms with van der Waals surface area (Å²) in [7, 11) is 5.62. The summed E-state index contributed by atoms with van der Waals surface area (Å²) in [6.45, 7) is 4.12. The first kappa shape index (κ1) is 12.7. The van der Waals surface area contributed by atoms with Crippen LogP contribution in [-0.2, 0) is 4.79 Å². The topological polar surface area (TPSA) is 23.6 Å². The van der Waals surface area contributed by atoms with Crippen molar-refractivity contribution in [1.82, 2.24) is 4.90 Å². The number of likely N-dealkylation sites (N-methyl/N-ethyl adjacent to an activating group) is 1. The van der Waals surface area contributed by atoms with Gasteiger partial charge in [-0.2, -0.15) is 0 Å². The van der Waals surface area contributed by atoms with E-state index in [1.165, 1.54) is 11.3 Å². The van der Waals surface area contributed by atoms with Crippen molar-refractivity contribution < 1.29 is 4.79 Å². The van der Waals surface area contributed by atoms with E-state index in [0.717, 1.165) is 11.3 Å². The van der Waals surface area contributed by atoms with Crippen LogP contribution >= 0.6 is 0 Å². The summed E-state index contributed by atoms with van der Waals surface area (Å²) >= 11 is 0. The zero-order chi connectivity index (χ0) is 13.4. The first-order valence-electron chi connectivity index (χ1n) is 6.20. The SMILES string of the molecule is CC1=C(C(=O)N(C)C)[C@H](C)c2ccccc2N1C. The van der Waals surface area contributed by atoms with Crippen LogP contribution in [0.15, 0.2) is 35.5 Å². The lowest BCUT2D eigenvalue weighted by Gasteiger charge is -2.35. The van der Waals surface area contributed by atoms with E-state index >= 15 is 0 Å². The number of nitrogens with zero attached hydrogens (tertiary/aromatic N) is 2. The molecule has 0 unspecified atom stereocenters. The van der Waals surface area contributed by atoms with Gasteiger partial charge in [0, 0.05) is 44.0 Å². The van der Waals surface area contributed by atoms with Gasteiger partial charge in [-0.15, -0.1) is 0 Å². The third-order valence-electron chi connectivity index (χ3n) is 3.73. The van der Waals surface area contributed by atoms with Gasteiger partial charge in [-0.05, 0) is 18.6 Å². The molecule has 0 aromatic heterocycles. The maximum absolute atomic E-state index is 12.3. The van der Waals surface area contributed by atoms with Crippen LogP contribution < -0.4 is 4.90 Å². The molecule has 1 aliphatic heterocycles. The fourth-order valence-electron chi connectivity index (χ4n) is 2.57. The molecule has 1 heterocycles. The van der Waals surface area contributed by atoms with Crippen LogP contribution in [0.5, 0.6) is 0 Å². The van der Waals surface area contributed by atoms with Crippen LogP contribution in [0.3, 0.4) is 0 Å². The number of carbonyl (C=O) groups is 1. The second-order valence-electron chi connectivity index (χ2n) is 5.04. The predicted molar refractivity (Wildman–Crippen MR) is 74.7 cm³/mol. The smallest absolute Gasteiger partial charge is 0.251 e. The predicted octanol–water partition coefficient (Wildman–Crippen LogP) is 2.60. The minimum absolute atomic E-state index is 0.0985. The summed E-state index contributed by atoms with van der Waals surface area (Å²) in [6, 6.07) is 8.27. The molecule has 2 rings (SSSR count). The van der Waals surface area contributed by atoms with E-state index in [4.69, 9.17) is 0 Å². The van der Waals surface area contributed by atoms with Crippen LogP contribution in [0.2, 0.25) is 0 Å². The molecule has 0 saturated heterocycles. The van der Waals surface area contributed by atoms with Crippen LogP contribution in [0.25, 0.3) is 0 Å². The summed E-state index contributed by atoms with van der Waals surface area (Å²) < 4.78 is 0. The molecule has 1 aromatic carbocycles. The molecule has 0 aliphatic carbocycles. The molecule has 96 valence electrons. The van der Waals surface area contributed by atoms with E-state index in [1.54, 1.807) is 19.0 Å². The summed E-state index contributed by atoms with van der Waals surface area (Å²) in [4.78, 5) is 16.1. The lowest BCUT2D eigenvalue weighted by Crippen LogP contribution is -2.33. The Kier molecular flexibility index (Phi) is 3.16. The maximum atomic E-state index is 12.3. The van der Waals surface area contributed by atoms with Crippen molar-refractivity contribution in [3.8, 4) is 0 Å². The summed E-state index contributed by atoms with van der Waals surface area (Å²) in [6.07, 6.45) is 0. The Morgan fingerprint density at radius 2 is 1.89 bits per heavy atom. The highest BCUT2D eigenvalue weighted by atomic mass is 16.2.